The average molecular weight is 1460 g/mol. The van der Waals surface area contributed by atoms with E-state index in [0.29, 0.717) is 23.0 Å². The van der Waals surface area contributed by atoms with Gasteiger partial charge in [-0.2, -0.15) is 0 Å². The summed E-state index contributed by atoms with van der Waals surface area (Å²) in [4.78, 5) is 20.1. The van der Waals surface area contributed by atoms with Crippen molar-refractivity contribution >= 4 is 24.9 Å². The molecule has 0 unspecified atom stereocenters. The zero-order valence-corrected chi connectivity index (χ0v) is 63.0. The monoisotopic (exact) mass is 1460 g/mol. The second-order valence-corrected chi connectivity index (χ2v) is 31.8. The predicted octanol–water partition coefficient (Wildman–Crippen LogP) is 17.4. The van der Waals surface area contributed by atoms with Gasteiger partial charge in [0.2, 0.25) is 0 Å². The maximum Gasteiger partial charge on any atom is 0.128 e. The minimum Gasteiger partial charge on any atom is -0.507 e. The van der Waals surface area contributed by atoms with Crippen LogP contribution in [0.25, 0.3) is 0 Å². The molecule has 0 spiro atoms. The molecule has 6 rings (SSSR count). The number of aromatic hydroxyl groups is 4. The van der Waals surface area contributed by atoms with E-state index in [-0.39, 0.29) is 151 Å². The number of nitrogens with zero attached hydrogens (tertiary/aromatic N) is 4. The Balaban J connectivity index is 0.000000802. The molecule has 3 radical (unpaired) electrons. The van der Waals surface area contributed by atoms with E-state index in [4.69, 9.17) is 20.0 Å². The number of phenolic OH excluding ortho intramolecular Hbond substituents is 4. The van der Waals surface area contributed by atoms with Crippen LogP contribution >= 0.6 is 0 Å². The molecule has 0 amide bonds. The van der Waals surface area contributed by atoms with Crippen molar-refractivity contribution in [2.45, 2.75) is 285 Å². The smallest absolute Gasteiger partial charge is 0.128 e. The summed E-state index contributed by atoms with van der Waals surface area (Å²) < 4.78 is 0. The second kappa shape index (κ2) is 30.1. The van der Waals surface area contributed by atoms with Gasteiger partial charge >= 0.3 is 0 Å². The molecule has 9 nitrogen and oxygen atoms in total. The van der Waals surface area contributed by atoms with Crippen LogP contribution in [0, 0.1) is 44.1 Å². The van der Waals surface area contributed by atoms with Crippen LogP contribution in [-0.4, -0.2) is 74.9 Å². The fourth-order valence-electron chi connectivity index (χ4n) is 10.6. The van der Waals surface area contributed by atoms with E-state index in [1.165, 1.54) is 22.3 Å². The predicted molar refractivity (Wildman–Crippen MR) is 348 cm³/mol. The number of phenols is 4. The van der Waals surface area contributed by atoms with Gasteiger partial charge in [0.25, 0.3) is 0 Å². The Hall–Kier alpha value is -2.83. The van der Waals surface area contributed by atoms with Crippen molar-refractivity contribution in [2.24, 2.45) is 20.0 Å². The molecule has 0 saturated heterocycles. The Morgan fingerprint density at radius 1 is 0.298 bits per heavy atom. The Labute approximate surface area is 566 Å². The van der Waals surface area contributed by atoms with Crippen LogP contribution in [0.4, 0.5) is 0 Å². The van der Waals surface area contributed by atoms with Gasteiger partial charge in [-0.3, -0.25) is 20.0 Å². The van der Waals surface area contributed by atoms with E-state index in [9.17, 15) is 20.4 Å². The normalized spacial score (nSPS) is 18.7. The summed E-state index contributed by atoms with van der Waals surface area (Å²) in [6.45, 7) is 52.1. The standard InChI is InChI=1S/2C36H54N2O2.Ac.2Co.H2O/c2*1-33(2,3)25-17-23(31(39)27(19-25)35(7,8)9)21-37-29-15-13-14-16-30(29)38-22-24-18-26(34(4,5)6)20-28(32(24)40)36(10,11)12;;;;/h2*17-22,29-30,39-40H,13-16H2,1-12H3;;;;1H2/t2*29-,30-;;;;/m00..../s1. The van der Waals surface area contributed by atoms with Gasteiger partial charge in [-0.05, 0) is 116 Å². The first-order chi connectivity index (χ1) is 36.4. The van der Waals surface area contributed by atoms with Gasteiger partial charge < -0.3 is 25.9 Å². The molecule has 4 aromatic rings. The third kappa shape index (κ3) is 21.2. The number of hydrogen-bond acceptors (Lipinski definition) is 8. The average Bonchev–Trinajstić information content (AvgIpc) is 3.30. The van der Waals surface area contributed by atoms with Crippen LogP contribution in [0.15, 0.2) is 68.5 Å². The topological polar surface area (TPSA) is 162 Å². The zero-order chi connectivity index (χ0) is 60.5. The first kappa shape index (κ1) is 79.2. The van der Waals surface area contributed by atoms with Crippen molar-refractivity contribution in [3.05, 3.63) is 115 Å². The van der Waals surface area contributed by atoms with Crippen LogP contribution in [0.2, 0.25) is 0 Å². The Kier molecular flexibility index (Phi) is 28.4. The van der Waals surface area contributed by atoms with E-state index in [0.717, 1.165) is 95.9 Å². The Bertz CT molecular complexity index is 2540. The third-order valence-electron chi connectivity index (χ3n) is 16.3. The summed E-state index contributed by atoms with van der Waals surface area (Å²) in [6, 6.07) is 17.1. The molecule has 0 bridgehead atoms. The molecule has 2 fully saturated rings. The number of rotatable bonds is 8. The molecule has 0 aliphatic heterocycles. The van der Waals surface area contributed by atoms with Crippen molar-refractivity contribution in [3.63, 3.8) is 0 Å². The summed E-state index contributed by atoms with van der Waals surface area (Å²) in [7, 11) is 0. The van der Waals surface area contributed by atoms with E-state index in [1.54, 1.807) is 0 Å². The quantitative estimate of drug-likeness (QED) is 0.129. The van der Waals surface area contributed by atoms with Crippen molar-refractivity contribution in [2.75, 3.05) is 0 Å². The van der Waals surface area contributed by atoms with E-state index in [2.05, 4.69) is 215 Å². The van der Waals surface area contributed by atoms with Crippen LogP contribution in [0.5, 0.6) is 23.0 Å². The van der Waals surface area contributed by atoms with Crippen LogP contribution in [-0.2, 0) is 76.9 Å². The minimum absolute atomic E-state index is 0. The first-order valence-corrected chi connectivity index (χ1v) is 30.0. The van der Waals surface area contributed by atoms with Crippen molar-refractivity contribution in [3.8, 4) is 23.0 Å². The molecule has 84 heavy (non-hydrogen) atoms. The van der Waals surface area contributed by atoms with Gasteiger partial charge in [-0.1, -0.05) is 216 Å². The summed E-state index contributed by atoms with van der Waals surface area (Å²) in [6.07, 6.45) is 15.8. The van der Waals surface area contributed by atoms with Gasteiger partial charge in [0.05, 0.1) is 24.2 Å². The molecule has 2 aliphatic carbocycles. The Morgan fingerprint density at radius 2 is 0.452 bits per heavy atom. The van der Waals surface area contributed by atoms with Crippen molar-refractivity contribution in [1.82, 2.24) is 0 Å². The van der Waals surface area contributed by atoms with Gasteiger partial charge in [0.1, 0.15) is 23.0 Å². The molecule has 469 valence electrons. The van der Waals surface area contributed by atoms with Crippen LogP contribution in [0.3, 0.4) is 0 Å². The van der Waals surface area contributed by atoms with E-state index in [1.807, 2.05) is 24.9 Å². The largest absolute Gasteiger partial charge is 0.507 e. The van der Waals surface area contributed by atoms with Crippen molar-refractivity contribution in [1.29, 1.82) is 0 Å². The summed E-state index contributed by atoms with van der Waals surface area (Å²) in [5, 5.41) is 44.9. The molecule has 4 atom stereocenters. The van der Waals surface area contributed by atoms with Crippen LogP contribution < -0.4 is 0 Å². The maximum absolute atomic E-state index is 11.2. The summed E-state index contributed by atoms with van der Waals surface area (Å²) >= 11 is 0. The zero-order valence-electron chi connectivity index (χ0n) is 56.2. The molecule has 6 N–H and O–H groups in total. The van der Waals surface area contributed by atoms with E-state index < -0.39 is 0 Å². The van der Waals surface area contributed by atoms with Gasteiger partial charge in [-0.25, -0.2) is 0 Å². The van der Waals surface area contributed by atoms with Gasteiger partial charge in [0, 0.05) is 147 Å². The number of benzene rings is 4. The molecule has 0 aromatic heterocycles. The first-order valence-electron chi connectivity index (χ1n) is 30.0. The van der Waals surface area contributed by atoms with Crippen molar-refractivity contribution < 1.29 is 104 Å². The van der Waals surface area contributed by atoms with E-state index >= 15 is 0 Å². The fraction of sp³-hybridized carbons (Fsp3) is 0.611. The summed E-state index contributed by atoms with van der Waals surface area (Å²) in [5.41, 5.74) is 10.8. The SMILES string of the molecule is CC(C)(C)c1cc(C=N[C@H]2CCCC[C@@H]2N=Cc2cc(C(C)(C)C)cc(C(C)(C)C)c2O)c(O)c(C(C)(C)C)c1.CC(C)(C)c1cc(C=N[C@H]2CCCC[C@@H]2N=Cc2cc(C(C)(C)C)cc(C(C)(C)C)c2O)c(O)c(C(C)(C)C)c1.O.[Ac].[Co].[Co]. The molecule has 4 aromatic carbocycles. The molecule has 2 saturated carbocycles. The fourth-order valence-corrected chi connectivity index (χ4v) is 10.6. The van der Waals surface area contributed by atoms with Gasteiger partial charge in [-0.15, -0.1) is 0 Å². The molecule has 0 heterocycles. The van der Waals surface area contributed by atoms with Crippen LogP contribution in [0.1, 0.15) is 284 Å². The molecular formula is C72H110AcCo2N4O5. The third-order valence-corrected chi connectivity index (χ3v) is 16.3. The molecule has 12 heteroatoms. The summed E-state index contributed by atoms with van der Waals surface area (Å²) in [5.74, 6) is 1.27. The maximum atomic E-state index is 11.2. The van der Waals surface area contributed by atoms with Gasteiger partial charge in [0.15, 0.2) is 0 Å². The number of aliphatic imine (C=N–C) groups is 4. The Morgan fingerprint density at radius 3 is 0.583 bits per heavy atom. The minimum atomic E-state index is -0.179. The molecule has 2 aliphatic rings. The number of hydrogen-bond donors (Lipinski definition) is 4. The molecular weight excluding hydrogens is 1350 g/mol. The second-order valence-electron chi connectivity index (χ2n) is 31.8.